The van der Waals surface area contributed by atoms with Crippen LogP contribution >= 0.6 is 11.6 Å². The van der Waals surface area contributed by atoms with Gasteiger partial charge in [0, 0.05) is 16.8 Å². The van der Waals surface area contributed by atoms with Crippen LogP contribution in [0.1, 0.15) is 18.4 Å². The average molecular weight is 272 g/mol. The van der Waals surface area contributed by atoms with Gasteiger partial charge in [-0.05, 0) is 31.0 Å². The molecule has 0 aromatic heterocycles. The number of sulfone groups is 1. The third kappa shape index (κ3) is 2.27. The van der Waals surface area contributed by atoms with Crippen molar-refractivity contribution in [1.82, 2.24) is 0 Å². The fraction of sp³-hybridized carbons (Fsp3) is 0.364. The lowest BCUT2D eigenvalue weighted by molar-refractivity contribution is 0.554. The Balaban J connectivity index is 2.68. The van der Waals surface area contributed by atoms with E-state index in [0.717, 1.165) is 6.26 Å². The molecule has 1 fully saturated rings. The maximum absolute atomic E-state index is 11.7. The molecular weight excluding hydrogens is 262 g/mol. The predicted octanol–water partition coefficient (Wildman–Crippen LogP) is 2.07. The molecule has 0 aliphatic heterocycles. The van der Waals surface area contributed by atoms with E-state index in [9.17, 15) is 13.2 Å². The van der Waals surface area contributed by atoms with E-state index in [2.05, 4.69) is 4.99 Å². The lowest BCUT2D eigenvalue weighted by Gasteiger charge is -2.13. The molecule has 6 heteroatoms. The van der Waals surface area contributed by atoms with E-state index in [0.29, 0.717) is 23.4 Å². The highest BCUT2D eigenvalue weighted by Gasteiger charge is 2.47. The Labute approximate surface area is 104 Å². The molecule has 1 aliphatic rings. The van der Waals surface area contributed by atoms with Crippen LogP contribution in [0.3, 0.4) is 0 Å². The fourth-order valence-corrected chi connectivity index (χ4v) is 2.97. The van der Waals surface area contributed by atoms with Gasteiger partial charge in [0.05, 0.1) is 10.4 Å². The number of benzene rings is 1. The van der Waals surface area contributed by atoms with Gasteiger partial charge in [-0.25, -0.2) is 13.2 Å². The zero-order valence-electron chi connectivity index (χ0n) is 9.10. The second-order valence-corrected chi connectivity index (χ2v) is 6.57. The Morgan fingerprint density at radius 2 is 2.06 bits per heavy atom. The summed E-state index contributed by atoms with van der Waals surface area (Å²) in [5.74, 6) is 0. The number of hydrogen-bond donors (Lipinski definition) is 0. The van der Waals surface area contributed by atoms with Gasteiger partial charge in [0.1, 0.15) is 0 Å². The molecule has 4 nitrogen and oxygen atoms in total. The number of rotatable bonds is 3. The molecule has 1 aromatic carbocycles. The van der Waals surface area contributed by atoms with Crippen LogP contribution in [0.25, 0.3) is 0 Å². The van der Waals surface area contributed by atoms with Gasteiger partial charge in [0.25, 0.3) is 0 Å². The molecule has 2 rings (SSSR count). The molecular formula is C11H10ClNO3S. The van der Waals surface area contributed by atoms with E-state index in [4.69, 9.17) is 11.6 Å². The molecule has 0 N–H and O–H groups in total. The maximum Gasteiger partial charge on any atom is 0.235 e. The van der Waals surface area contributed by atoms with Crippen molar-refractivity contribution in [2.45, 2.75) is 23.3 Å². The van der Waals surface area contributed by atoms with Crippen molar-refractivity contribution < 1.29 is 13.2 Å². The van der Waals surface area contributed by atoms with Crippen LogP contribution in [0, 0.1) is 0 Å². The van der Waals surface area contributed by atoms with E-state index in [1.165, 1.54) is 18.2 Å². The van der Waals surface area contributed by atoms with Gasteiger partial charge in [0.15, 0.2) is 9.84 Å². The van der Waals surface area contributed by atoms with Gasteiger partial charge in [-0.2, -0.15) is 4.99 Å². The first-order valence-corrected chi connectivity index (χ1v) is 7.25. The summed E-state index contributed by atoms with van der Waals surface area (Å²) in [5.41, 5.74) is -0.235. The van der Waals surface area contributed by atoms with Crippen LogP contribution in [0.2, 0.25) is 5.02 Å². The van der Waals surface area contributed by atoms with E-state index in [1.54, 1.807) is 6.07 Å². The van der Waals surface area contributed by atoms with Gasteiger partial charge < -0.3 is 0 Å². The maximum atomic E-state index is 11.7. The molecule has 0 radical (unpaired) electrons. The molecule has 0 bridgehead atoms. The Bertz CT molecular complexity index is 614. The molecule has 0 amide bonds. The van der Waals surface area contributed by atoms with Gasteiger partial charge in [0.2, 0.25) is 6.08 Å². The topological polar surface area (TPSA) is 63.6 Å². The second-order valence-electron chi connectivity index (χ2n) is 4.15. The van der Waals surface area contributed by atoms with Gasteiger partial charge in [-0.15, -0.1) is 0 Å². The standard InChI is InChI=1S/C11H10ClNO3S/c1-17(15,16)10-3-2-8(12)6-9(10)11(4-5-11)13-7-14/h2-3,6H,4-5H2,1H3. The predicted molar refractivity (Wildman–Crippen MR) is 63.6 cm³/mol. The average Bonchev–Trinajstić information content (AvgIpc) is 2.97. The van der Waals surface area contributed by atoms with Crippen LogP contribution in [0.15, 0.2) is 28.1 Å². The summed E-state index contributed by atoms with van der Waals surface area (Å²) in [7, 11) is -3.36. The number of isocyanates is 1. The minimum absolute atomic E-state index is 0.179. The third-order valence-corrected chi connectivity index (χ3v) is 4.22. The van der Waals surface area contributed by atoms with Crippen molar-refractivity contribution in [2.24, 2.45) is 4.99 Å². The molecule has 0 spiro atoms. The fourth-order valence-electron chi connectivity index (χ4n) is 1.84. The monoisotopic (exact) mass is 271 g/mol. The zero-order valence-corrected chi connectivity index (χ0v) is 10.7. The molecule has 0 atom stereocenters. The number of nitrogens with zero attached hydrogens (tertiary/aromatic N) is 1. The van der Waals surface area contributed by atoms with Gasteiger partial charge >= 0.3 is 0 Å². The van der Waals surface area contributed by atoms with Crippen molar-refractivity contribution in [3.63, 3.8) is 0 Å². The molecule has 0 heterocycles. The number of hydrogen-bond acceptors (Lipinski definition) is 4. The second kappa shape index (κ2) is 3.95. The summed E-state index contributed by atoms with van der Waals surface area (Å²) in [6, 6.07) is 4.53. The number of halogens is 1. The number of carbonyl (C=O) groups excluding carboxylic acids is 1. The largest absolute Gasteiger partial charge is 0.235 e. The summed E-state index contributed by atoms with van der Waals surface area (Å²) in [6.07, 6.45) is 3.92. The zero-order chi connectivity index (χ0) is 12.7. The SMILES string of the molecule is CS(=O)(=O)c1ccc(Cl)cc1C1(N=C=O)CC1. The summed E-state index contributed by atoms with van der Waals surface area (Å²) in [6.45, 7) is 0. The summed E-state index contributed by atoms with van der Waals surface area (Å²) >= 11 is 5.87. The van der Waals surface area contributed by atoms with E-state index in [-0.39, 0.29) is 4.90 Å². The van der Waals surface area contributed by atoms with Crippen LogP contribution in [0.5, 0.6) is 0 Å². The lowest BCUT2D eigenvalue weighted by Crippen LogP contribution is -2.10. The molecule has 1 saturated carbocycles. The highest BCUT2D eigenvalue weighted by atomic mass is 35.5. The molecule has 0 saturated heterocycles. The van der Waals surface area contributed by atoms with Crippen molar-refractivity contribution in [1.29, 1.82) is 0 Å². The quantitative estimate of drug-likeness (QED) is 0.624. The smallest absolute Gasteiger partial charge is 0.224 e. The Hall–Kier alpha value is -1.16. The highest BCUT2D eigenvalue weighted by molar-refractivity contribution is 7.90. The Morgan fingerprint density at radius 3 is 2.53 bits per heavy atom. The first-order chi connectivity index (χ1) is 7.89. The minimum atomic E-state index is -3.36. The first kappa shape index (κ1) is 12.3. The highest BCUT2D eigenvalue weighted by Crippen LogP contribution is 2.51. The van der Waals surface area contributed by atoms with E-state index >= 15 is 0 Å². The van der Waals surface area contributed by atoms with Crippen molar-refractivity contribution in [3.05, 3.63) is 28.8 Å². The molecule has 1 aromatic rings. The molecule has 17 heavy (non-hydrogen) atoms. The van der Waals surface area contributed by atoms with Crippen LogP contribution in [-0.2, 0) is 20.2 Å². The summed E-state index contributed by atoms with van der Waals surface area (Å²) in [5, 5.41) is 0.430. The Morgan fingerprint density at radius 1 is 1.41 bits per heavy atom. The first-order valence-electron chi connectivity index (χ1n) is 4.98. The van der Waals surface area contributed by atoms with Gasteiger partial charge in [-0.3, -0.25) is 0 Å². The van der Waals surface area contributed by atoms with E-state index in [1.807, 2.05) is 0 Å². The minimum Gasteiger partial charge on any atom is -0.224 e. The van der Waals surface area contributed by atoms with Crippen LogP contribution < -0.4 is 0 Å². The van der Waals surface area contributed by atoms with E-state index < -0.39 is 15.4 Å². The van der Waals surface area contributed by atoms with Crippen molar-refractivity contribution in [2.75, 3.05) is 6.26 Å². The molecule has 0 unspecified atom stereocenters. The normalized spacial score (nSPS) is 17.3. The molecule has 1 aliphatic carbocycles. The third-order valence-electron chi connectivity index (χ3n) is 2.83. The molecule has 90 valence electrons. The Kier molecular flexibility index (Phi) is 2.86. The van der Waals surface area contributed by atoms with Gasteiger partial charge in [-0.1, -0.05) is 11.6 Å². The summed E-state index contributed by atoms with van der Waals surface area (Å²) in [4.78, 5) is 14.3. The van der Waals surface area contributed by atoms with Crippen molar-refractivity contribution >= 4 is 27.5 Å². The number of aliphatic imine (C=N–C) groups is 1. The van der Waals surface area contributed by atoms with Crippen LogP contribution in [0.4, 0.5) is 0 Å². The van der Waals surface area contributed by atoms with Crippen LogP contribution in [-0.4, -0.2) is 20.8 Å². The van der Waals surface area contributed by atoms with Crippen molar-refractivity contribution in [3.8, 4) is 0 Å². The summed E-state index contributed by atoms with van der Waals surface area (Å²) < 4.78 is 23.3. The lowest BCUT2D eigenvalue weighted by atomic mass is 10.1.